The van der Waals surface area contributed by atoms with Crippen molar-refractivity contribution in [3.63, 3.8) is 0 Å². The summed E-state index contributed by atoms with van der Waals surface area (Å²) in [6, 6.07) is 10.6. The maximum Gasteiger partial charge on any atom is 0.259 e. The molecule has 1 unspecified atom stereocenters. The van der Waals surface area contributed by atoms with Crippen molar-refractivity contribution >= 4 is 51.6 Å². The first-order valence-corrected chi connectivity index (χ1v) is 14.1. The third-order valence-electron chi connectivity index (χ3n) is 7.49. The van der Waals surface area contributed by atoms with Gasteiger partial charge in [0.2, 0.25) is 0 Å². The zero-order valence-electron chi connectivity index (χ0n) is 21.9. The van der Waals surface area contributed by atoms with Crippen LogP contribution >= 0.6 is 22.9 Å². The van der Waals surface area contributed by atoms with Crippen LogP contribution in [0.4, 0.5) is 26.0 Å². The lowest BCUT2D eigenvalue weighted by Crippen LogP contribution is -2.42. The lowest BCUT2D eigenvalue weighted by Gasteiger charge is -2.33. The minimum atomic E-state index is -0.473. The Morgan fingerprint density at radius 2 is 1.90 bits per heavy atom. The standard InChI is InChI=1S/C28H28F2IN7O2/c1-40-25-16-19(35-11-13-36(31)14-12-35)5-6-20(25)28(39)33-23-17-32-38-10-8-26(34-27(23)38)37-9-2-3-24(37)21-15-18(29)4-7-22(21)30/h4-8,10,15-17,24H,2-3,9,11-14H2,1H3,(H,33,39). The van der Waals surface area contributed by atoms with Gasteiger partial charge in [0.1, 0.15) is 28.9 Å². The predicted octanol–water partition coefficient (Wildman–Crippen LogP) is 5.08. The van der Waals surface area contributed by atoms with Gasteiger partial charge >= 0.3 is 0 Å². The zero-order chi connectivity index (χ0) is 27.8. The number of nitrogens with zero attached hydrogens (tertiary/aromatic N) is 6. The molecule has 2 aromatic heterocycles. The summed E-state index contributed by atoms with van der Waals surface area (Å²) in [5, 5.41) is 7.25. The van der Waals surface area contributed by atoms with Gasteiger partial charge in [-0.25, -0.2) is 21.4 Å². The van der Waals surface area contributed by atoms with Crippen LogP contribution in [0.3, 0.4) is 0 Å². The number of methoxy groups -OCH3 is 1. The number of ether oxygens (including phenoxy) is 1. The fourth-order valence-electron chi connectivity index (χ4n) is 5.44. The second-order valence-corrected chi connectivity index (χ2v) is 11.2. The van der Waals surface area contributed by atoms with Crippen LogP contribution in [0.25, 0.3) is 5.65 Å². The van der Waals surface area contributed by atoms with Gasteiger partial charge < -0.3 is 19.9 Å². The highest BCUT2D eigenvalue weighted by Gasteiger charge is 2.30. The van der Waals surface area contributed by atoms with Crippen LogP contribution in [0, 0.1) is 11.6 Å². The molecule has 2 aliphatic rings. The third-order valence-corrected chi connectivity index (χ3v) is 8.45. The molecule has 2 aliphatic heterocycles. The number of benzene rings is 2. The van der Waals surface area contributed by atoms with E-state index in [1.807, 2.05) is 17.0 Å². The van der Waals surface area contributed by atoms with Gasteiger partial charge in [0.05, 0.1) is 24.9 Å². The monoisotopic (exact) mass is 659 g/mol. The number of halogens is 3. The molecular weight excluding hydrogens is 631 g/mol. The molecule has 0 radical (unpaired) electrons. The predicted molar refractivity (Wildman–Crippen MR) is 157 cm³/mol. The molecule has 0 spiro atoms. The van der Waals surface area contributed by atoms with Crippen LogP contribution in [0.1, 0.15) is 34.8 Å². The number of rotatable bonds is 6. The first-order chi connectivity index (χ1) is 19.4. The van der Waals surface area contributed by atoms with E-state index >= 15 is 0 Å². The number of fused-ring (bicyclic) bond motifs is 1. The van der Waals surface area contributed by atoms with Crippen molar-refractivity contribution in [3.05, 3.63) is 77.6 Å². The number of hydrogen-bond donors (Lipinski definition) is 1. The van der Waals surface area contributed by atoms with E-state index in [0.717, 1.165) is 50.4 Å². The Kier molecular flexibility index (Phi) is 7.45. The van der Waals surface area contributed by atoms with Crippen molar-refractivity contribution in [1.82, 2.24) is 17.7 Å². The Morgan fingerprint density at radius 3 is 2.70 bits per heavy atom. The van der Waals surface area contributed by atoms with Gasteiger partial charge in [0, 0.05) is 79.1 Å². The molecule has 0 aliphatic carbocycles. The molecule has 6 rings (SSSR count). The van der Waals surface area contributed by atoms with Gasteiger partial charge in [-0.1, -0.05) is 0 Å². The summed E-state index contributed by atoms with van der Waals surface area (Å²) < 4.78 is 37.9. The molecule has 4 aromatic rings. The summed E-state index contributed by atoms with van der Waals surface area (Å²) in [6.07, 6.45) is 4.79. The van der Waals surface area contributed by atoms with Crippen molar-refractivity contribution in [1.29, 1.82) is 0 Å². The van der Waals surface area contributed by atoms with Gasteiger partial charge in [-0.3, -0.25) is 4.79 Å². The molecule has 12 heteroatoms. The average molecular weight is 659 g/mol. The first-order valence-electron chi connectivity index (χ1n) is 13.1. The quantitative estimate of drug-likeness (QED) is 0.229. The molecule has 2 saturated heterocycles. The summed E-state index contributed by atoms with van der Waals surface area (Å²) in [7, 11) is 1.55. The van der Waals surface area contributed by atoms with Gasteiger partial charge in [-0.05, 0) is 49.2 Å². The molecule has 9 nitrogen and oxygen atoms in total. The summed E-state index contributed by atoms with van der Waals surface area (Å²) in [4.78, 5) is 22.4. The van der Waals surface area contributed by atoms with Gasteiger partial charge in [-0.2, -0.15) is 5.10 Å². The molecule has 1 amide bonds. The Bertz CT molecular complexity index is 1560. The molecular formula is C28H28F2IN7O2. The molecule has 0 saturated carbocycles. The van der Waals surface area contributed by atoms with E-state index in [0.29, 0.717) is 47.0 Å². The maximum absolute atomic E-state index is 14.6. The zero-order valence-corrected chi connectivity index (χ0v) is 24.0. The first kappa shape index (κ1) is 26.7. The third kappa shape index (κ3) is 5.17. The molecule has 4 heterocycles. The highest BCUT2D eigenvalue weighted by Crippen LogP contribution is 2.37. The molecule has 2 fully saturated rings. The summed E-state index contributed by atoms with van der Waals surface area (Å²) in [5.74, 6) is -0.177. The van der Waals surface area contributed by atoms with Crippen molar-refractivity contribution < 1.29 is 18.3 Å². The SMILES string of the molecule is COc1cc(N2CCN(I)CC2)ccc1C(=O)Nc1cnn2ccc(N3CCCC3c3cc(F)ccc3F)nc12. The van der Waals surface area contributed by atoms with E-state index in [4.69, 9.17) is 9.72 Å². The smallest absolute Gasteiger partial charge is 0.259 e. The van der Waals surface area contributed by atoms with Crippen molar-refractivity contribution in [2.75, 3.05) is 55.0 Å². The molecule has 40 heavy (non-hydrogen) atoms. The number of amides is 1. The number of nitrogens with one attached hydrogen (secondary N) is 1. The van der Waals surface area contributed by atoms with E-state index < -0.39 is 11.6 Å². The molecule has 2 aromatic carbocycles. The lowest BCUT2D eigenvalue weighted by molar-refractivity contribution is 0.102. The Hall–Kier alpha value is -3.52. The molecule has 1 N–H and O–H groups in total. The number of carbonyl (C=O) groups is 1. The summed E-state index contributed by atoms with van der Waals surface area (Å²) >= 11 is 2.33. The van der Waals surface area contributed by atoms with Gasteiger partial charge in [-0.15, -0.1) is 0 Å². The molecule has 0 bridgehead atoms. The van der Waals surface area contributed by atoms with Crippen LogP contribution in [-0.2, 0) is 0 Å². The Balaban J connectivity index is 1.25. The summed E-state index contributed by atoms with van der Waals surface area (Å²) in [5.41, 5.74) is 2.60. The van der Waals surface area contributed by atoms with E-state index in [1.165, 1.54) is 6.07 Å². The number of aromatic nitrogens is 3. The fraction of sp³-hybridized carbons (Fsp3) is 0.321. The van der Waals surface area contributed by atoms with E-state index in [2.05, 4.69) is 41.3 Å². The topological polar surface area (TPSA) is 78.2 Å². The van der Waals surface area contributed by atoms with Crippen molar-refractivity contribution in [3.8, 4) is 5.75 Å². The van der Waals surface area contributed by atoms with Crippen LogP contribution in [0.2, 0.25) is 0 Å². The van der Waals surface area contributed by atoms with Crippen LogP contribution in [-0.4, -0.2) is 63.5 Å². The van der Waals surface area contributed by atoms with E-state index in [9.17, 15) is 13.6 Å². The minimum absolute atomic E-state index is 0.313. The lowest BCUT2D eigenvalue weighted by atomic mass is 10.0. The Morgan fingerprint density at radius 1 is 1.07 bits per heavy atom. The number of hydrogen-bond acceptors (Lipinski definition) is 7. The normalized spacial score (nSPS) is 17.9. The highest BCUT2D eigenvalue weighted by molar-refractivity contribution is 14.1. The van der Waals surface area contributed by atoms with Crippen LogP contribution in [0.5, 0.6) is 5.75 Å². The number of carbonyl (C=O) groups excluding carboxylic acids is 1. The number of anilines is 3. The van der Waals surface area contributed by atoms with E-state index in [-0.39, 0.29) is 11.9 Å². The maximum atomic E-state index is 14.6. The van der Waals surface area contributed by atoms with Crippen LogP contribution in [0.15, 0.2) is 54.9 Å². The van der Waals surface area contributed by atoms with Gasteiger partial charge in [0.15, 0.2) is 5.65 Å². The largest absolute Gasteiger partial charge is 0.496 e. The second-order valence-electron chi connectivity index (χ2n) is 9.87. The summed E-state index contributed by atoms with van der Waals surface area (Å²) in [6.45, 7) is 4.37. The van der Waals surface area contributed by atoms with Crippen molar-refractivity contribution in [2.24, 2.45) is 0 Å². The molecule has 208 valence electrons. The van der Waals surface area contributed by atoms with Gasteiger partial charge in [0.25, 0.3) is 5.91 Å². The minimum Gasteiger partial charge on any atom is -0.496 e. The Labute approximate surface area is 244 Å². The van der Waals surface area contributed by atoms with Crippen molar-refractivity contribution in [2.45, 2.75) is 18.9 Å². The number of piperazine rings is 1. The second kappa shape index (κ2) is 11.2. The fourth-order valence-corrected chi connectivity index (χ4v) is 5.87. The average Bonchev–Trinajstić information content (AvgIpc) is 3.61. The van der Waals surface area contributed by atoms with Crippen LogP contribution < -0.4 is 19.9 Å². The van der Waals surface area contributed by atoms with E-state index in [1.54, 1.807) is 36.2 Å². The highest BCUT2D eigenvalue weighted by atomic mass is 127. The molecule has 1 atom stereocenters.